The maximum atomic E-state index is 12.8. The molecule has 2 rings (SSSR count). The van der Waals surface area contributed by atoms with E-state index in [9.17, 15) is 8.78 Å². The smallest absolute Gasteiger partial charge is 0.162 e. The summed E-state index contributed by atoms with van der Waals surface area (Å²) in [5, 5.41) is 8.67. The van der Waals surface area contributed by atoms with E-state index in [1.54, 1.807) is 18.6 Å². The van der Waals surface area contributed by atoms with Gasteiger partial charge in [0.05, 0.1) is 0 Å². The van der Waals surface area contributed by atoms with Crippen molar-refractivity contribution in [2.75, 3.05) is 26.5 Å². The van der Waals surface area contributed by atoms with E-state index in [0.717, 1.165) is 23.3 Å². The van der Waals surface area contributed by atoms with Crippen molar-refractivity contribution in [3.05, 3.63) is 66.1 Å². The molecule has 0 bridgehead atoms. The standard InChI is InChI=1S/C19H21F2O3.W/c20-13-17(21)14-24-19-8-4-16(5-9-19)12-15-2-6-18(7-3-15)23-11-1-10-22;/h1-9,17,22H,10-14H2;/q-1;. The second-order valence-electron chi connectivity index (χ2n) is 5.31. The quantitative estimate of drug-likeness (QED) is 0.386. The number of halogens is 2. The molecule has 1 N–H and O–H groups in total. The Morgan fingerprint density at radius 3 is 1.92 bits per heavy atom. The number of alkyl halides is 2. The fraction of sp³-hybridized carbons (Fsp3) is 0.316. The summed E-state index contributed by atoms with van der Waals surface area (Å²) in [6.45, 7) is -0.933. The molecule has 0 aromatic heterocycles. The molecule has 0 aliphatic heterocycles. The van der Waals surface area contributed by atoms with Crippen molar-refractivity contribution in [2.24, 2.45) is 0 Å². The Bertz CT molecular complexity index is 591. The Balaban J connectivity index is 0.00000312. The summed E-state index contributed by atoms with van der Waals surface area (Å²) in [6.07, 6.45) is 0.802. The molecule has 136 valence electrons. The SMILES string of the molecule is OC[CH-]COc1ccc(Cc2ccc(OCC(F)CF)cc2)cc1.[W]. The minimum Gasteiger partial charge on any atom is -0.525 e. The van der Waals surface area contributed by atoms with Gasteiger partial charge in [-0.3, -0.25) is 6.42 Å². The normalized spacial score (nSPS) is 11.5. The van der Waals surface area contributed by atoms with Gasteiger partial charge in [0.2, 0.25) is 0 Å². The largest absolute Gasteiger partial charge is 0.525 e. The van der Waals surface area contributed by atoms with Crippen LogP contribution in [0.4, 0.5) is 8.78 Å². The number of hydrogen-bond donors (Lipinski definition) is 1. The molecule has 0 radical (unpaired) electrons. The van der Waals surface area contributed by atoms with E-state index < -0.39 is 12.8 Å². The molecule has 2 aromatic carbocycles. The first-order valence-corrected chi connectivity index (χ1v) is 7.77. The van der Waals surface area contributed by atoms with Crippen molar-refractivity contribution in [1.29, 1.82) is 0 Å². The average Bonchev–Trinajstić information content (AvgIpc) is 2.62. The molecule has 3 nitrogen and oxygen atoms in total. The van der Waals surface area contributed by atoms with Gasteiger partial charge in [0, 0.05) is 21.1 Å². The Kier molecular flexibility index (Phi) is 10.4. The summed E-state index contributed by atoms with van der Waals surface area (Å²) < 4.78 is 35.4. The van der Waals surface area contributed by atoms with Gasteiger partial charge in [0.15, 0.2) is 6.17 Å². The Morgan fingerprint density at radius 1 is 0.920 bits per heavy atom. The molecule has 1 unspecified atom stereocenters. The van der Waals surface area contributed by atoms with E-state index in [2.05, 4.69) is 0 Å². The maximum Gasteiger partial charge on any atom is 0.162 e. The van der Waals surface area contributed by atoms with Crippen LogP contribution in [0.25, 0.3) is 0 Å². The topological polar surface area (TPSA) is 38.7 Å². The van der Waals surface area contributed by atoms with Gasteiger partial charge in [-0.25, -0.2) is 8.78 Å². The first-order chi connectivity index (χ1) is 11.7. The molecule has 25 heavy (non-hydrogen) atoms. The first kappa shape index (κ1) is 21.6. The summed E-state index contributed by atoms with van der Waals surface area (Å²) in [5.74, 6) is 1.28. The van der Waals surface area contributed by atoms with Crippen molar-refractivity contribution in [3.63, 3.8) is 0 Å². The Morgan fingerprint density at radius 2 is 1.44 bits per heavy atom. The summed E-state index contributed by atoms with van der Waals surface area (Å²) in [5.41, 5.74) is 2.22. The predicted octanol–water partition coefficient (Wildman–Crippen LogP) is 3.54. The van der Waals surface area contributed by atoms with E-state index in [1.807, 2.05) is 36.4 Å². The maximum absolute atomic E-state index is 12.8. The molecule has 2 aromatic rings. The molecule has 0 spiro atoms. The minimum atomic E-state index is -1.58. The third kappa shape index (κ3) is 7.98. The fourth-order valence-corrected chi connectivity index (χ4v) is 2.08. The Hall–Kier alpha value is -1.45. The number of aliphatic hydroxyl groups excluding tert-OH is 1. The van der Waals surface area contributed by atoms with Gasteiger partial charge in [0.1, 0.15) is 24.8 Å². The summed E-state index contributed by atoms with van der Waals surface area (Å²) >= 11 is 0. The third-order valence-corrected chi connectivity index (χ3v) is 3.35. The summed E-state index contributed by atoms with van der Waals surface area (Å²) in [4.78, 5) is 0. The van der Waals surface area contributed by atoms with Crippen LogP contribution in [0.15, 0.2) is 48.5 Å². The zero-order valence-corrected chi connectivity index (χ0v) is 16.7. The van der Waals surface area contributed by atoms with Crippen molar-refractivity contribution in [1.82, 2.24) is 0 Å². The van der Waals surface area contributed by atoms with Crippen LogP contribution in [0, 0.1) is 6.42 Å². The van der Waals surface area contributed by atoms with Gasteiger partial charge in [-0.05, 0) is 48.4 Å². The van der Waals surface area contributed by atoms with Crippen LogP contribution in [0.3, 0.4) is 0 Å². The number of hydrogen-bond acceptors (Lipinski definition) is 3. The molecule has 0 saturated heterocycles. The number of rotatable bonds is 10. The second kappa shape index (κ2) is 12.0. The van der Waals surface area contributed by atoms with E-state index in [4.69, 9.17) is 14.6 Å². The van der Waals surface area contributed by atoms with Crippen LogP contribution in [-0.2, 0) is 27.5 Å². The molecule has 0 saturated carbocycles. The molecule has 1 atom stereocenters. The monoisotopic (exact) mass is 519 g/mol. The van der Waals surface area contributed by atoms with Crippen LogP contribution in [-0.4, -0.2) is 37.8 Å². The third-order valence-electron chi connectivity index (χ3n) is 3.35. The molecule has 0 aliphatic carbocycles. The zero-order valence-electron chi connectivity index (χ0n) is 13.7. The van der Waals surface area contributed by atoms with Gasteiger partial charge in [0.25, 0.3) is 0 Å². The number of aliphatic hydroxyl groups is 1. The van der Waals surface area contributed by atoms with Crippen LogP contribution in [0.1, 0.15) is 11.1 Å². The van der Waals surface area contributed by atoms with Crippen LogP contribution < -0.4 is 9.47 Å². The van der Waals surface area contributed by atoms with Crippen LogP contribution in [0.2, 0.25) is 0 Å². The molecule has 6 heteroatoms. The molecular formula is C19H21F2O3W-. The fourth-order valence-electron chi connectivity index (χ4n) is 2.08. The van der Waals surface area contributed by atoms with Gasteiger partial charge >= 0.3 is 0 Å². The average molecular weight is 519 g/mol. The summed E-state index contributed by atoms with van der Waals surface area (Å²) in [7, 11) is 0. The van der Waals surface area contributed by atoms with E-state index in [1.165, 1.54) is 0 Å². The van der Waals surface area contributed by atoms with Gasteiger partial charge in [-0.15, -0.1) is 0 Å². The van der Waals surface area contributed by atoms with E-state index >= 15 is 0 Å². The van der Waals surface area contributed by atoms with E-state index in [-0.39, 0.29) is 34.3 Å². The Labute approximate surface area is 161 Å². The van der Waals surface area contributed by atoms with Gasteiger partial charge in [-0.1, -0.05) is 30.9 Å². The first-order valence-electron chi connectivity index (χ1n) is 7.77. The predicted molar refractivity (Wildman–Crippen MR) is 88.9 cm³/mol. The van der Waals surface area contributed by atoms with Crippen molar-refractivity contribution in [2.45, 2.75) is 12.6 Å². The second-order valence-corrected chi connectivity index (χ2v) is 5.31. The van der Waals surface area contributed by atoms with Gasteiger partial charge in [-0.2, -0.15) is 0 Å². The van der Waals surface area contributed by atoms with Crippen molar-refractivity contribution in [3.8, 4) is 11.5 Å². The molecule has 0 aliphatic rings. The van der Waals surface area contributed by atoms with Crippen LogP contribution >= 0.6 is 0 Å². The number of benzene rings is 2. The number of ether oxygens (including phenoxy) is 2. The minimum absolute atomic E-state index is 0. The van der Waals surface area contributed by atoms with E-state index in [0.29, 0.717) is 12.4 Å². The van der Waals surface area contributed by atoms with Crippen LogP contribution in [0.5, 0.6) is 11.5 Å². The molecule has 0 heterocycles. The van der Waals surface area contributed by atoms with Crippen molar-refractivity contribution < 1.29 is 44.4 Å². The molecule has 0 amide bonds. The molecule has 0 fully saturated rings. The molecular weight excluding hydrogens is 498 g/mol. The van der Waals surface area contributed by atoms with Crippen molar-refractivity contribution >= 4 is 0 Å². The van der Waals surface area contributed by atoms with Gasteiger partial charge < -0.3 is 14.6 Å². The zero-order chi connectivity index (χ0) is 17.2. The summed E-state index contributed by atoms with van der Waals surface area (Å²) in [6, 6.07) is 15.0.